The predicted molar refractivity (Wildman–Crippen MR) is 120 cm³/mol. The molecule has 2 aromatic carbocycles. The number of hydrogen-bond donors (Lipinski definition) is 1. The number of amides is 2. The Morgan fingerprint density at radius 3 is 2.76 bits per heavy atom. The van der Waals surface area contributed by atoms with Crippen molar-refractivity contribution < 1.29 is 9.53 Å². The Bertz CT molecular complexity index is 960. The fourth-order valence-electron chi connectivity index (χ4n) is 2.99. The van der Waals surface area contributed by atoms with E-state index in [0.29, 0.717) is 31.3 Å². The van der Waals surface area contributed by atoms with E-state index >= 15 is 0 Å². The first-order chi connectivity index (χ1) is 14.1. The smallest absolute Gasteiger partial charge is 0.322 e. The van der Waals surface area contributed by atoms with Gasteiger partial charge in [0.05, 0.1) is 18.8 Å². The third-order valence-corrected chi connectivity index (χ3v) is 5.41. The Kier molecular flexibility index (Phi) is 7.75. The lowest BCUT2D eigenvalue weighted by atomic mass is 10.2. The van der Waals surface area contributed by atoms with E-state index in [4.69, 9.17) is 16.3 Å². The number of hydrogen-bond acceptors (Lipinski definition) is 2. The van der Waals surface area contributed by atoms with Crippen molar-refractivity contribution in [3.63, 3.8) is 0 Å². The molecule has 29 heavy (non-hydrogen) atoms. The van der Waals surface area contributed by atoms with Gasteiger partial charge in [-0.2, -0.15) is 0 Å². The van der Waals surface area contributed by atoms with Gasteiger partial charge in [-0.1, -0.05) is 35.9 Å². The molecule has 1 N–H and O–H groups in total. The Labute approximate surface area is 184 Å². The maximum Gasteiger partial charge on any atom is 0.322 e. The van der Waals surface area contributed by atoms with Crippen molar-refractivity contribution in [2.45, 2.75) is 13.1 Å². The Balaban J connectivity index is 1.74. The summed E-state index contributed by atoms with van der Waals surface area (Å²) in [5, 5.41) is 3.68. The lowest BCUT2D eigenvalue weighted by Gasteiger charge is -2.24. The first kappa shape index (κ1) is 21.4. The molecule has 0 saturated heterocycles. The highest BCUT2D eigenvalue weighted by Gasteiger charge is 2.17. The molecule has 0 bridgehead atoms. The normalized spacial score (nSPS) is 10.7. The molecule has 1 heterocycles. The van der Waals surface area contributed by atoms with Crippen molar-refractivity contribution in [3.8, 4) is 0 Å². The van der Waals surface area contributed by atoms with Gasteiger partial charge in [0.25, 0.3) is 0 Å². The summed E-state index contributed by atoms with van der Waals surface area (Å²) in [5.74, 6) is 0. The Morgan fingerprint density at radius 1 is 1.17 bits per heavy atom. The van der Waals surface area contributed by atoms with E-state index in [-0.39, 0.29) is 6.03 Å². The molecule has 2 amide bonds. The van der Waals surface area contributed by atoms with Gasteiger partial charge in [-0.25, -0.2) is 4.79 Å². The quantitative estimate of drug-likeness (QED) is 0.458. The lowest BCUT2D eigenvalue weighted by molar-refractivity contribution is 0.152. The molecular formula is C22H23BrClN3O2. The number of aromatic nitrogens is 1. The standard InChI is InChI=1S/C22H23BrClN3O2/c1-29-13-12-27(22(28)25-21-10-3-2-9-20(21)23)16-19-8-5-11-26(19)15-17-6-4-7-18(24)14-17/h2-11,14H,12-13,15-16H2,1H3,(H,25,28). The van der Waals surface area contributed by atoms with Gasteiger partial charge in [-0.05, 0) is 57.9 Å². The number of ether oxygens (including phenoxy) is 1. The van der Waals surface area contributed by atoms with Crippen molar-refractivity contribution in [2.24, 2.45) is 0 Å². The number of nitrogens with one attached hydrogen (secondary N) is 1. The van der Waals surface area contributed by atoms with Gasteiger partial charge < -0.3 is 19.5 Å². The maximum atomic E-state index is 12.9. The summed E-state index contributed by atoms with van der Waals surface area (Å²) in [6.45, 7) is 2.09. The minimum atomic E-state index is -0.176. The molecule has 1 aromatic heterocycles. The minimum absolute atomic E-state index is 0.176. The monoisotopic (exact) mass is 475 g/mol. The number of methoxy groups -OCH3 is 1. The number of nitrogens with zero attached hydrogens (tertiary/aromatic N) is 2. The summed E-state index contributed by atoms with van der Waals surface area (Å²) in [4.78, 5) is 14.7. The molecule has 0 aliphatic rings. The highest BCUT2D eigenvalue weighted by Crippen LogP contribution is 2.22. The number of benzene rings is 2. The molecule has 0 aliphatic heterocycles. The Hall–Kier alpha value is -2.28. The van der Waals surface area contributed by atoms with E-state index in [1.165, 1.54) is 0 Å². The van der Waals surface area contributed by atoms with Crippen molar-refractivity contribution in [3.05, 3.63) is 87.6 Å². The van der Waals surface area contributed by atoms with Gasteiger partial charge in [0.2, 0.25) is 0 Å². The summed E-state index contributed by atoms with van der Waals surface area (Å²) in [5.41, 5.74) is 2.87. The molecule has 0 spiro atoms. The first-order valence-corrected chi connectivity index (χ1v) is 10.4. The van der Waals surface area contributed by atoms with Crippen LogP contribution in [0.5, 0.6) is 0 Å². The van der Waals surface area contributed by atoms with Crippen LogP contribution in [-0.4, -0.2) is 35.8 Å². The van der Waals surface area contributed by atoms with Crippen LogP contribution >= 0.6 is 27.5 Å². The van der Waals surface area contributed by atoms with Crippen molar-refractivity contribution in [2.75, 3.05) is 25.6 Å². The number of para-hydroxylation sites is 1. The zero-order chi connectivity index (χ0) is 20.6. The number of rotatable bonds is 8. The second kappa shape index (κ2) is 10.5. The van der Waals surface area contributed by atoms with E-state index in [1.54, 1.807) is 12.0 Å². The minimum Gasteiger partial charge on any atom is -0.383 e. The fourth-order valence-corrected chi connectivity index (χ4v) is 3.58. The number of anilines is 1. The van der Waals surface area contributed by atoms with Crippen LogP contribution < -0.4 is 5.32 Å². The third-order valence-electron chi connectivity index (χ3n) is 4.49. The van der Waals surface area contributed by atoms with Crippen LogP contribution in [0.3, 0.4) is 0 Å². The third kappa shape index (κ3) is 6.10. The largest absolute Gasteiger partial charge is 0.383 e. The van der Waals surface area contributed by atoms with Crippen molar-refractivity contribution in [1.29, 1.82) is 0 Å². The van der Waals surface area contributed by atoms with Crippen LogP contribution in [0.2, 0.25) is 5.02 Å². The summed E-state index contributed by atoms with van der Waals surface area (Å²) < 4.78 is 8.16. The molecule has 0 aliphatic carbocycles. The van der Waals surface area contributed by atoms with Crippen LogP contribution in [0.25, 0.3) is 0 Å². The second-order valence-electron chi connectivity index (χ2n) is 6.58. The average Bonchev–Trinajstić information content (AvgIpc) is 3.13. The Morgan fingerprint density at radius 2 is 2.00 bits per heavy atom. The van der Waals surface area contributed by atoms with Crippen LogP contribution in [0.15, 0.2) is 71.3 Å². The van der Waals surface area contributed by atoms with Crippen LogP contribution in [-0.2, 0) is 17.8 Å². The van der Waals surface area contributed by atoms with Crippen LogP contribution in [0.4, 0.5) is 10.5 Å². The molecule has 3 rings (SSSR count). The molecule has 152 valence electrons. The summed E-state index contributed by atoms with van der Waals surface area (Å²) in [7, 11) is 1.63. The van der Waals surface area contributed by atoms with E-state index in [1.807, 2.05) is 66.9 Å². The molecule has 7 heteroatoms. The summed E-state index contributed by atoms with van der Waals surface area (Å²) in [6, 6.07) is 19.2. The highest BCUT2D eigenvalue weighted by atomic mass is 79.9. The van der Waals surface area contributed by atoms with Gasteiger partial charge >= 0.3 is 6.03 Å². The molecule has 0 fully saturated rings. The SMILES string of the molecule is COCCN(Cc1cccn1Cc1cccc(Cl)c1)C(=O)Nc1ccccc1Br. The van der Waals surface area contributed by atoms with Crippen LogP contribution in [0.1, 0.15) is 11.3 Å². The van der Waals surface area contributed by atoms with Gasteiger partial charge in [-0.15, -0.1) is 0 Å². The van der Waals surface area contributed by atoms with Gasteiger partial charge in [-0.3, -0.25) is 0 Å². The van der Waals surface area contributed by atoms with Gasteiger partial charge in [0.1, 0.15) is 0 Å². The number of carbonyl (C=O) groups is 1. The fraction of sp³-hybridized carbons (Fsp3) is 0.227. The summed E-state index contributed by atoms with van der Waals surface area (Å²) in [6.07, 6.45) is 2.01. The van der Waals surface area contributed by atoms with E-state index < -0.39 is 0 Å². The second-order valence-corrected chi connectivity index (χ2v) is 7.87. The molecular weight excluding hydrogens is 454 g/mol. The number of carbonyl (C=O) groups excluding carboxylic acids is 1. The molecule has 5 nitrogen and oxygen atoms in total. The van der Waals surface area contributed by atoms with E-state index in [0.717, 1.165) is 21.4 Å². The average molecular weight is 477 g/mol. The van der Waals surface area contributed by atoms with Gasteiger partial charge in [0, 0.05) is 41.6 Å². The van der Waals surface area contributed by atoms with Crippen molar-refractivity contribution in [1.82, 2.24) is 9.47 Å². The first-order valence-electron chi connectivity index (χ1n) is 9.24. The molecule has 0 saturated carbocycles. The van der Waals surface area contributed by atoms with E-state index in [2.05, 4.69) is 25.8 Å². The highest BCUT2D eigenvalue weighted by molar-refractivity contribution is 9.10. The van der Waals surface area contributed by atoms with Crippen LogP contribution in [0, 0.1) is 0 Å². The maximum absolute atomic E-state index is 12.9. The van der Waals surface area contributed by atoms with Crippen molar-refractivity contribution >= 4 is 39.2 Å². The molecule has 0 radical (unpaired) electrons. The molecule has 0 unspecified atom stereocenters. The number of halogens is 2. The zero-order valence-electron chi connectivity index (χ0n) is 16.1. The summed E-state index contributed by atoms with van der Waals surface area (Å²) >= 11 is 9.58. The predicted octanol–water partition coefficient (Wildman–Crippen LogP) is 5.63. The number of urea groups is 1. The lowest BCUT2D eigenvalue weighted by Crippen LogP contribution is -2.37. The van der Waals surface area contributed by atoms with E-state index in [9.17, 15) is 4.79 Å². The topological polar surface area (TPSA) is 46.5 Å². The molecule has 0 atom stereocenters. The zero-order valence-corrected chi connectivity index (χ0v) is 18.5. The van der Waals surface area contributed by atoms with Gasteiger partial charge in [0.15, 0.2) is 0 Å². The molecule has 3 aromatic rings.